The highest BCUT2D eigenvalue weighted by Crippen LogP contribution is 2.32. The number of amides is 1. The number of hydrogen-bond donors (Lipinski definition) is 1. The minimum atomic E-state index is -0.0818. The topological polar surface area (TPSA) is 54.3 Å². The van der Waals surface area contributed by atoms with E-state index in [9.17, 15) is 9.59 Å². The van der Waals surface area contributed by atoms with Crippen LogP contribution in [0.25, 0.3) is 0 Å². The van der Waals surface area contributed by atoms with Crippen molar-refractivity contribution < 1.29 is 9.59 Å². The van der Waals surface area contributed by atoms with Crippen molar-refractivity contribution in [3.05, 3.63) is 89.7 Å². The van der Waals surface area contributed by atoms with Crippen molar-refractivity contribution in [3.63, 3.8) is 0 Å². The Morgan fingerprint density at radius 1 is 1.00 bits per heavy atom. The maximum absolute atomic E-state index is 12.7. The van der Waals surface area contributed by atoms with Crippen LogP contribution in [0, 0.1) is 0 Å². The summed E-state index contributed by atoms with van der Waals surface area (Å²) < 4.78 is 2.25. The van der Waals surface area contributed by atoms with Crippen LogP contribution in [0.2, 0.25) is 0 Å². The Hall–Kier alpha value is -3.18. The lowest BCUT2D eigenvalue weighted by Gasteiger charge is -2.36. The van der Waals surface area contributed by atoms with Crippen molar-refractivity contribution in [1.82, 2.24) is 9.47 Å². The van der Waals surface area contributed by atoms with Crippen molar-refractivity contribution in [2.45, 2.75) is 19.5 Å². The van der Waals surface area contributed by atoms with Crippen LogP contribution in [0.15, 0.2) is 72.9 Å². The normalized spacial score (nSPS) is 16.4. The largest absolute Gasteiger partial charge is 0.348 e. The Kier molecular flexibility index (Phi) is 5.08. The summed E-state index contributed by atoms with van der Waals surface area (Å²) in [5.41, 5.74) is 3.61. The number of rotatable bonds is 5. The van der Waals surface area contributed by atoms with Crippen molar-refractivity contribution in [3.8, 4) is 0 Å². The molecule has 1 aliphatic rings. The molecule has 1 aromatic heterocycles. The molecule has 1 unspecified atom stereocenters. The monoisotopic (exact) mass is 373 g/mol. The molecule has 1 aliphatic heterocycles. The third-order valence-corrected chi connectivity index (χ3v) is 5.15. The van der Waals surface area contributed by atoms with Gasteiger partial charge in [-0.1, -0.05) is 42.5 Å². The van der Waals surface area contributed by atoms with Gasteiger partial charge in [0.15, 0.2) is 5.78 Å². The SMILES string of the molecule is CC(=O)c1cccc(NC(=O)CN2CCn3cccc3C2c2ccccc2)c1. The molecule has 0 aliphatic carbocycles. The van der Waals surface area contributed by atoms with E-state index in [1.807, 2.05) is 18.2 Å². The number of ketones is 1. The molecular formula is C23H23N3O2. The third kappa shape index (κ3) is 3.75. The maximum atomic E-state index is 12.7. The van der Waals surface area contributed by atoms with E-state index >= 15 is 0 Å². The number of carbonyl (C=O) groups is 2. The summed E-state index contributed by atoms with van der Waals surface area (Å²) in [4.78, 5) is 26.5. The zero-order valence-electron chi connectivity index (χ0n) is 15.8. The minimum absolute atomic E-state index is 0.0166. The zero-order valence-corrected chi connectivity index (χ0v) is 15.8. The van der Waals surface area contributed by atoms with Crippen LogP contribution in [0.1, 0.15) is 34.6 Å². The van der Waals surface area contributed by atoms with Crippen LogP contribution in [0.3, 0.4) is 0 Å². The molecule has 1 atom stereocenters. The summed E-state index contributed by atoms with van der Waals surface area (Å²) in [5, 5.41) is 2.93. The lowest BCUT2D eigenvalue weighted by molar-refractivity contribution is -0.117. The van der Waals surface area contributed by atoms with Gasteiger partial charge in [0.2, 0.25) is 5.91 Å². The Morgan fingerprint density at radius 2 is 1.82 bits per heavy atom. The van der Waals surface area contributed by atoms with Gasteiger partial charge in [-0.2, -0.15) is 0 Å². The number of Topliss-reactive ketones (excluding diaryl/α,β-unsaturated/α-hetero) is 1. The quantitative estimate of drug-likeness (QED) is 0.693. The lowest BCUT2D eigenvalue weighted by atomic mass is 10.00. The smallest absolute Gasteiger partial charge is 0.238 e. The molecule has 2 aromatic carbocycles. The molecule has 1 amide bonds. The highest BCUT2D eigenvalue weighted by atomic mass is 16.2. The van der Waals surface area contributed by atoms with Gasteiger partial charge in [-0.25, -0.2) is 0 Å². The average molecular weight is 373 g/mol. The number of fused-ring (bicyclic) bond motifs is 1. The standard InChI is InChI=1S/C23H23N3O2/c1-17(27)19-9-5-10-20(15-19)24-22(28)16-26-14-13-25-12-6-11-21(25)23(26)18-7-3-2-4-8-18/h2-12,15,23H,13-14,16H2,1H3,(H,24,28). The molecule has 142 valence electrons. The van der Waals surface area contributed by atoms with Crippen LogP contribution >= 0.6 is 0 Å². The molecular weight excluding hydrogens is 350 g/mol. The summed E-state index contributed by atoms with van der Waals surface area (Å²) in [6, 6.07) is 21.6. The van der Waals surface area contributed by atoms with Gasteiger partial charge in [-0.15, -0.1) is 0 Å². The van der Waals surface area contributed by atoms with E-state index in [1.165, 1.54) is 18.2 Å². The van der Waals surface area contributed by atoms with E-state index in [-0.39, 0.29) is 24.3 Å². The second-order valence-corrected chi connectivity index (χ2v) is 7.10. The summed E-state index contributed by atoms with van der Waals surface area (Å²) >= 11 is 0. The van der Waals surface area contributed by atoms with E-state index in [0.717, 1.165) is 13.1 Å². The van der Waals surface area contributed by atoms with Gasteiger partial charge in [0.1, 0.15) is 0 Å². The molecule has 5 heteroatoms. The van der Waals surface area contributed by atoms with Gasteiger partial charge in [-0.05, 0) is 36.8 Å². The van der Waals surface area contributed by atoms with Gasteiger partial charge < -0.3 is 9.88 Å². The zero-order chi connectivity index (χ0) is 19.5. The molecule has 3 aromatic rings. The minimum Gasteiger partial charge on any atom is -0.348 e. The number of carbonyl (C=O) groups excluding carboxylic acids is 2. The van der Waals surface area contributed by atoms with Gasteiger partial charge in [0, 0.05) is 36.2 Å². The van der Waals surface area contributed by atoms with E-state index < -0.39 is 0 Å². The molecule has 0 spiro atoms. The number of nitrogens with zero attached hydrogens (tertiary/aromatic N) is 2. The Morgan fingerprint density at radius 3 is 2.61 bits per heavy atom. The summed E-state index contributed by atoms with van der Waals surface area (Å²) in [7, 11) is 0. The predicted octanol–water partition coefficient (Wildman–Crippen LogP) is 3.73. The molecule has 0 saturated carbocycles. The lowest BCUT2D eigenvalue weighted by Crippen LogP contribution is -2.42. The first-order valence-corrected chi connectivity index (χ1v) is 9.47. The van der Waals surface area contributed by atoms with Crippen LogP contribution in [0.5, 0.6) is 0 Å². The van der Waals surface area contributed by atoms with Crippen molar-refractivity contribution in [2.75, 3.05) is 18.4 Å². The summed E-state index contributed by atoms with van der Waals surface area (Å²) in [5.74, 6) is -0.0985. The van der Waals surface area contributed by atoms with Crippen molar-refractivity contribution in [2.24, 2.45) is 0 Å². The fraction of sp³-hybridized carbons (Fsp3) is 0.217. The second kappa shape index (κ2) is 7.82. The van der Waals surface area contributed by atoms with Crippen LogP contribution < -0.4 is 5.32 Å². The first-order chi connectivity index (χ1) is 13.6. The predicted molar refractivity (Wildman–Crippen MR) is 109 cm³/mol. The number of anilines is 1. The molecule has 4 rings (SSSR count). The number of aromatic nitrogens is 1. The van der Waals surface area contributed by atoms with Gasteiger partial charge in [0.05, 0.1) is 12.6 Å². The molecule has 5 nitrogen and oxygen atoms in total. The van der Waals surface area contributed by atoms with Crippen LogP contribution in [-0.4, -0.2) is 34.2 Å². The van der Waals surface area contributed by atoms with E-state index in [1.54, 1.807) is 24.3 Å². The van der Waals surface area contributed by atoms with E-state index in [2.05, 4.69) is 45.2 Å². The fourth-order valence-corrected chi connectivity index (χ4v) is 3.82. The average Bonchev–Trinajstić information content (AvgIpc) is 3.17. The van der Waals surface area contributed by atoms with Crippen LogP contribution in [-0.2, 0) is 11.3 Å². The van der Waals surface area contributed by atoms with Crippen molar-refractivity contribution >= 4 is 17.4 Å². The van der Waals surface area contributed by atoms with Crippen molar-refractivity contribution in [1.29, 1.82) is 0 Å². The fourth-order valence-electron chi connectivity index (χ4n) is 3.82. The number of benzene rings is 2. The first kappa shape index (κ1) is 18.2. The van der Waals surface area contributed by atoms with E-state index in [0.29, 0.717) is 11.3 Å². The van der Waals surface area contributed by atoms with Gasteiger partial charge in [-0.3, -0.25) is 14.5 Å². The van der Waals surface area contributed by atoms with E-state index in [4.69, 9.17) is 0 Å². The highest BCUT2D eigenvalue weighted by Gasteiger charge is 2.29. The number of nitrogens with one attached hydrogen (secondary N) is 1. The second-order valence-electron chi connectivity index (χ2n) is 7.10. The molecule has 1 N–H and O–H groups in total. The molecule has 0 radical (unpaired) electrons. The third-order valence-electron chi connectivity index (χ3n) is 5.15. The highest BCUT2D eigenvalue weighted by molar-refractivity contribution is 5.97. The molecule has 28 heavy (non-hydrogen) atoms. The van der Waals surface area contributed by atoms with Gasteiger partial charge in [0.25, 0.3) is 0 Å². The molecule has 2 heterocycles. The Labute approximate surface area is 164 Å². The van der Waals surface area contributed by atoms with Gasteiger partial charge >= 0.3 is 0 Å². The summed E-state index contributed by atoms with van der Waals surface area (Å²) in [6.07, 6.45) is 2.09. The Balaban J connectivity index is 1.54. The Bertz CT molecular complexity index is 994. The summed E-state index contributed by atoms with van der Waals surface area (Å²) in [6.45, 7) is 3.46. The van der Waals surface area contributed by atoms with Crippen LogP contribution in [0.4, 0.5) is 5.69 Å². The first-order valence-electron chi connectivity index (χ1n) is 9.47. The molecule has 0 saturated heterocycles. The molecule has 0 bridgehead atoms. The number of hydrogen-bond acceptors (Lipinski definition) is 3. The maximum Gasteiger partial charge on any atom is 0.238 e. The molecule has 0 fully saturated rings.